The summed E-state index contributed by atoms with van der Waals surface area (Å²) in [6.45, 7) is 3.03. The number of nitrogens with zero attached hydrogens (tertiary/aromatic N) is 4. The van der Waals surface area contributed by atoms with Crippen LogP contribution in [0.3, 0.4) is 0 Å². The van der Waals surface area contributed by atoms with Gasteiger partial charge >= 0.3 is 6.03 Å². The van der Waals surface area contributed by atoms with Crippen molar-refractivity contribution in [3.05, 3.63) is 54.6 Å². The van der Waals surface area contributed by atoms with Crippen LogP contribution in [-0.4, -0.2) is 85.3 Å². The summed E-state index contributed by atoms with van der Waals surface area (Å²) in [5, 5.41) is 0. The van der Waals surface area contributed by atoms with Crippen LogP contribution in [0, 0.1) is 0 Å². The lowest BCUT2D eigenvalue weighted by Crippen LogP contribution is -2.58. The third kappa shape index (κ3) is 3.88. The van der Waals surface area contributed by atoms with Gasteiger partial charge in [-0.3, -0.25) is 9.69 Å². The summed E-state index contributed by atoms with van der Waals surface area (Å²) in [4.78, 5) is 33.7. The van der Waals surface area contributed by atoms with Crippen LogP contribution in [0.5, 0.6) is 11.5 Å². The predicted octanol–water partition coefficient (Wildman–Crippen LogP) is 2.65. The summed E-state index contributed by atoms with van der Waals surface area (Å²) >= 11 is 0. The quantitative estimate of drug-likeness (QED) is 0.717. The van der Waals surface area contributed by atoms with Crippen LogP contribution < -0.4 is 14.4 Å². The lowest BCUT2D eigenvalue weighted by atomic mass is 9.85. The monoisotopic (exact) mass is 450 g/mol. The SMILES string of the molecule is CN(C)C(=O)N1CN(c2ccccc2)C2(CCN(CC3COc4ccccc4O3)CC2)C1=O. The third-order valence-corrected chi connectivity index (χ3v) is 6.84. The van der Waals surface area contributed by atoms with Gasteiger partial charge in [-0.1, -0.05) is 30.3 Å². The highest BCUT2D eigenvalue weighted by atomic mass is 16.6. The fraction of sp³-hybridized carbons (Fsp3) is 0.440. The van der Waals surface area contributed by atoms with Gasteiger partial charge < -0.3 is 19.3 Å². The number of benzene rings is 2. The van der Waals surface area contributed by atoms with Gasteiger partial charge in [0.1, 0.15) is 24.9 Å². The van der Waals surface area contributed by atoms with Crippen LogP contribution in [0.4, 0.5) is 10.5 Å². The summed E-state index contributed by atoms with van der Waals surface area (Å²) in [6, 6.07) is 17.4. The molecule has 3 aliphatic heterocycles. The molecular weight excluding hydrogens is 420 g/mol. The molecule has 0 bridgehead atoms. The number of fused-ring (bicyclic) bond motifs is 1. The lowest BCUT2D eigenvalue weighted by Gasteiger charge is -2.44. The van der Waals surface area contributed by atoms with Crippen molar-refractivity contribution in [1.82, 2.24) is 14.7 Å². The number of likely N-dealkylation sites (tertiary alicyclic amines) is 1. The van der Waals surface area contributed by atoms with E-state index in [1.807, 2.05) is 54.6 Å². The van der Waals surface area contributed by atoms with Crippen LogP contribution >= 0.6 is 0 Å². The van der Waals surface area contributed by atoms with E-state index in [4.69, 9.17) is 9.47 Å². The van der Waals surface area contributed by atoms with E-state index in [-0.39, 0.29) is 24.7 Å². The smallest absolute Gasteiger partial charge is 0.327 e. The topological polar surface area (TPSA) is 65.6 Å². The molecule has 2 saturated heterocycles. The highest BCUT2D eigenvalue weighted by Gasteiger charge is 2.55. The number of ether oxygens (including phenoxy) is 2. The first kappa shape index (κ1) is 21.6. The fourth-order valence-corrected chi connectivity index (χ4v) is 5.06. The zero-order valence-electron chi connectivity index (χ0n) is 19.1. The maximum atomic E-state index is 13.6. The van der Waals surface area contributed by atoms with Crippen LogP contribution in [0.25, 0.3) is 0 Å². The Morgan fingerprint density at radius 3 is 2.39 bits per heavy atom. The molecule has 2 fully saturated rings. The largest absolute Gasteiger partial charge is 0.486 e. The van der Waals surface area contributed by atoms with Crippen molar-refractivity contribution in [2.45, 2.75) is 24.5 Å². The molecule has 8 heteroatoms. The zero-order valence-corrected chi connectivity index (χ0v) is 19.1. The van der Waals surface area contributed by atoms with Crippen LogP contribution in [-0.2, 0) is 4.79 Å². The number of anilines is 1. The van der Waals surface area contributed by atoms with Crippen molar-refractivity contribution in [3.63, 3.8) is 0 Å². The highest BCUT2D eigenvalue weighted by Crippen LogP contribution is 2.40. The first-order chi connectivity index (χ1) is 16.0. The van der Waals surface area contributed by atoms with Gasteiger partial charge in [0.15, 0.2) is 11.5 Å². The first-order valence-electron chi connectivity index (χ1n) is 11.4. The van der Waals surface area contributed by atoms with Gasteiger partial charge in [-0.05, 0) is 37.1 Å². The van der Waals surface area contributed by atoms with Crippen molar-refractivity contribution in [3.8, 4) is 11.5 Å². The number of urea groups is 1. The van der Waals surface area contributed by atoms with E-state index in [1.165, 1.54) is 9.80 Å². The lowest BCUT2D eigenvalue weighted by molar-refractivity contribution is -0.131. The van der Waals surface area contributed by atoms with Crippen LogP contribution in [0.15, 0.2) is 54.6 Å². The molecule has 0 aromatic heterocycles. The number of rotatable bonds is 3. The molecule has 8 nitrogen and oxygen atoms in total. The molecule has 1 unspecified atom stereocenters. The van der Waals surface area contributed by atoms with E-state index in [2.05, 4.69) is 9.80 Å². The summed E-state index contributed by atoms with van der Waals surface area (Å²) in [5.41, 5.74) is 0.258. The predicted molar refractivity (Wildman–Crippen MR) is 124 cm³/mol. The molecule has 1 spiro atoms. The first-order valence-corrected chi connectivity index (χ1v) is 11.4. The minimum atomic E-state index is -0.708. The van der Waals surface area contributed by atoms with Crippen LogP contribution in [0.2, 0.25) is 0 Å². The second kappa shape index (κ2) is 8.59. The van der Waals surface area contributed by atoms with E-state index in [1.54, 1.807) is 14.1 Å². The summed E-state index contributed by atoms with van der Waals surface area (Å²) in [7, 11) is 3.36. The molecule has 0 N–H and O–H groups in total. The van der Waals surface area contributed by atoms with Crippen molar-refractivity contribution < 1.29 is 19.1 Å². The number of piperidine rings is 1. The maximum absolute atomic E-state index is 13.6. The van der Waals surface area contributed by atoms with Gasteiger partial charge in [0, 0.05) is 39.4 Å². The number of carbonyl (C=O) groups excluding carboxylic acids is 2. The second-order valence-corrected chi connectivity index (χ2v) is 9.14. The second-order valence-electron chi connectivity index (χ2n) is 9.14. The standard InChI is InChI=1S/C25H30N4O4/c1-26(2)24(31)28-18-29(19-8-4-3-5-9-19)25(23(28)30)12-14-27(15-13-25)16-20-17-32-21-10-6-7-11-22(21)33-20/h3-11,20H,12-18H2,1-2H3. The third-order valence-electron chi connectivity index (χ3n) is 6.84. The average Bonchev–Trinajstić information content (AvgIpc) is 3.12. The Kier molecular flexibility index (Phi) is 5.62. The number of hydrogen-bond acceptors (Lipinski definition) is 6. The molecule has 3 amide bonds. The molecule has 0 saturated carbocycles. The molecule has 33 heavy (non-hydrogen) atoms. The number of amides is 3. The Hall–Kier alpha value is -3.26. The molecule has 2 aromatic rings. The van der Waals surface area contributed by atoms with E-state index < -0.39 is 5.54 Å². The number of hydrogen-bond donors (Lipinski definition) is 0. The number of carbonyl (C=O) groups is 2. The van der Waals surface area contributed by atoms with E-state index in [9.17, 15) is 9.59 Å². The summed E-state index contributed by atoms with van der Waals surface area (Å²) in [5.74, 6) is 1.46. The Morgan fingerprint density at radius 1 is 1.03 bits per heavy atom. The molecule has 3 aliphatic rings. The normalized spacial score (nSPS) is 22.0. The van der Waals surface area contributed by atoms with E-state index in [0.29, 0.717) is 19.4 Å². The van der Waals surface area contributed by atoms with Crippen molar-refractivity contribution in [2.24, 2.45) is 0 Å². The van der Waals surface area contributed by atoms with Gasteiger partial charge in [-0.2, -0.15) is 0 Å². The van der Waals surface area contributed by atoms with Gasteiger partial charge in [-0.25, -0.2) is 9.69 Å². The molecule has 174 valence electrons. The minimum absolute atomic E-state index is 0.0507. The Labute approximate surface area is 194 Å². The number of imide groups is 1. The van der Waals surface area contributed by atoms with Gasteiger partial charge in [0.05, 0.1) is 0 Å². The van der Waals surface area contributed by atoms with Gasteiger partial charge in [0.25, 0.3) is 5.91 Å². The zero-order chi connectivity index (χ0) is 23.0. The van der Waals surface area contributed by atoms with E-state index >= 15 is 0 Å². The molecule has 3 heterocycles. The van der Waals surface area contributed by atoms with Gasteiger partial charge in [0.2, 0.25) is 0 Å². The van der Waals surface area contributed by atoms with Crippen molar-refractivity contribution >= 4 is 17.6 Å². The average molecular weight is 451 g/mol. The highest BCUT2D eigenvalue weighted by molar-refractivity contribution is 6.04. The van der Waals surface area contributed by atoms with Crippen molar-refractivity contribution in [2.75, 3.05) is 51.9 Å². The maximum Gasteiger partial charge on any atom is 0.327 e. The molecular formula is C25H30N4O4. The molecule has 1 atom stereocenters. The van der Waals surface area contributed by atoms with E-state index in [0.717, 1.165) is 36.8 Å². The van der Waals surface area contributed by atoms with Crippen molar-refractivity contribution in [1.29, 1.82) is 0 Å². The Bertz CT molecular complexity index is 1020. The Morgan fingerprint density at radius 2 is 1.70 bits per heavy atom. The molecule has 5 rings (SSSR count). The molecule has 2 aromatic carbocycles. The summed E-state index contributed by atoms with van der Waals surface area (Å²) < 4.78 is 12.0. The van der Waals surface area contributed by atoms with Gasteiger partial charge in [-0.15, -0.1) is 0 Å². The van der Waals surface area contributed by atoms with Crippen LogP contribution in [0.1, 0.15) is 12.8 Å². The molecule has 0 aliphatic carbocycles. The summed E-state index contributed by atoms with van der Waals surface area (Å²) in [6.07, 6.45) is 1.26. The minimum Gasteiger partial charge on any atom is -0.486 e. The number of para-hydroxylation sites is 3. The fourth-order valence-electron chi connectivity index (χ4n) is 5.06. The Balaban J connectivity index is 1.31. The molecule has 0 radical (unpaired) electrons.